The van der Waals surface area contributed by atoms with Crippen LogP contribution in [0.1, 0.15) is 19.3 Å². The van der Waals surface area contributed by atoms with E-state index in [9.17, 15) is 0 Å². The van der Waals surface area contributed by atoms with Crippen LogP contribution in [-0.4, -0.2) is 28.2 Å². The van der Waals surface area contributed by atoms with E-state index in [1.807, 2.05) is 6.07 Å². The number of hydrogen-bond donors (Lipinski definition) is 3. The van der Waals surface area contributed by atoms with Gasteiger partial charge in [0.2, 0.25) is 5.95 Å². The van der Waals surface area contributed by atoms with Gasteiger partial charge in [0.05, 0.1) is 18.2 Å². The minimum Gasteiger partial charge on any atom is -0.373 e. The number of anilines is 2. The second-order valence-corrected chi connectivity index (χ2v) is 4.27. The SMILES string of the molecule is NNc1nccc(NC2CC3CCC2O3)n1. The van der Waals surface area contributed by atoms with Crippen molar-refractivity contribution in [1.29, 1.82) is 0 Å². The Morgan fingerprint density at radius 2 is 2.38 bits per heavy atom. The molecule has 2 saturated heterocycles. The molecule has 2 fully saturated rings. The predicted octanol–water partition coefficient (Wildman–Crippen LogP) is 0.494. The molecule has 3 heterocycles. The molecule has 6 heteroatoms. The number of nitrogens with two attached hydrogens (primary N) is 1. The lowest BCUT2D eigenvalue weighted by Crippen LogP contribution is -2.31. The van der Waals surface area contributed by atoms with Gasteiger partial charge in [0.15, 0.2) is 0 Å². The Bertz CT molecular complexity index is 385. The Morgan fingerprint density at radius 1 is 1.44 bits per heavy atom. The molecule has 2 bridgehead atoms. The van der Waals surface area contributed by atoms with Crippen molar-refractivity contribution in [1.82, 2.24) is 9.97 Å². The van der Waals surface area contributed by atoms with Crippen molar-refractivity contribution >= 4 is 11.8 Å². The molecule has 6 nitrogen and oxygen atoms in total. The van der Waals surface area contributed by atoms with Gasteiger partial charge in [-0.05, 0) is 25.3 Å². The summed E-state index contributed by atoms with van der Waals surface area (Å²) in [7, 11) is 0. The van der Waals surface area contributed by atoms with Crippen LogP contribution in [0.15, 0.2) is 12.3 Å². The van der Waals surface area contributed by atoms with Gasteiger partial charge in [0.25, 0.3) is 0 Å². The van der Waals surface area contributed by atoms with Crippen molar-refractivity contribution in [3.05, 3.63) is 12.3 Å². The van der Waals surface area contributed by atoms with Crippen molar-refractivity contribution in [3.63, 3.8) is 0 Å². The highest BCUT2D eigenvalue weighted by Gasteiger charge is 2.40. The summed E-state index contributed by atoms with van der Waals surface area (Å²) in [4.78, 5) is 8.19. The number of ether oxygens (including phenoxy) is 1. The number of nitrogens with one attached hydrogen (secondary N) is 2. The van der Waals surface area contributed by atoms with Crippen molar-refractivity contribution in [3.8, 4) is 0 Å². The second-order valence-electron chi connectivity index (χ2n) is 4.27. The van der Waals surface area contributed by atoms with E-state index in [4.69, 9.17) is 10.6 Å². The zero-order valence-corrected chi connectivity index (χ0v) is 8.89. The van der Waals surface area contributed by atoms with Crippen LogP contribution in [0.25, 0.3) is 0 Å². The van der Waals surface area contributed by atoms with Gasteiger partial charge >= 0.3 is 0 Å². The molecule has 3 rings (SSSR count). The molecule has 0 spiro atoms. The highest BCUT2D eigenvalue weighted by Crippen LogP contribution is 2.35. The number of nitrogen functional groups attached to an aromatic ring is 1. The maximum Gasteiger partial charge on any atom is 0.239 e. The van der Waals surface area contributed by atoms with Crippen molar-refractivity contribution in [2.45, 2.75) is 37.5 Å². The van der Waals surface area contributed by atoms with Gasteiger partial charge in [-0.2, -0.15) is 4.98 Å². The van der Waals surface area contributed by atoms with Crippen LogP contribution >= 0.6 is 0 Å². The molecule has 4 N–H and O–H groups in total. The Morgan fingerprint density at radius 3 is 3.06 bits per heavy atom. The summed E-state index contributed by atoms with van der Waals surface area (Å²) in [5.74, 6) is 6.48. The minimum absolute atomic E-state index is 0.342. The molecule has 3 unspecified atom stereocenters. The van der Waals surface area contributed by atoms with E-state index in [1.54, 1.807) is 6.20 Å². The predicted molar refractivity (Wildman–Crippen MR) is 59.8 cm³/mol. The van der Waals surface area contributed by atoms with Crippen LogP contribution < -0.4 is 16.6 Å². The molecule has 0 saturated carbocycles. The summed E-state index contributed by atoms with van der Waals surface area (Å²) in [6, 6.07) is 2.21. The number of nitrogens with zero attached hydrogens (tertiary/aromatic N) is 2. The molecule has 86 valence electrons. The van der Waals surface area contributed by atoms with E-state index < -0.39 is 0 Å². The average molecular weight is 221 g/mol. The molecule has 0 aliphatic carbocycles. The monoisotopic (exact) mass is 221 g/mol. The molecule has 2 aliphatic heterocycles. The lowest BCUT2D eigenvalue weighted by molar-refractivity contribution is 0.102. The zero-order valence-electron chi connectivity index (χ0n) is 8.89. The van der Waals surface area contributed by atoms with Crippen LogP contribution in [0.5, 0.6) is 0 Å². The summed E-state index contributed by atoms with van der Waals surface area (Å²) < 4.78 is 5.77. The standard InChI is InChI=1S/C10H15N5O/c11-15-10-12-4-3-9(14-10)13-7-5-6-1-2-8(7)16-6/h3-4,6-8H,1-2,5,11H2,(H2,12,13,14,15). The van der Waals surface area contributed by atoms with Crippen molar-refractivity contribution in [2.24, 2.45) is 5.84 Å². The fourth-order valence-corrected chi connectivity index (χ4v) is 2.49. The first-order valence-corrected chi connectivity index (χ1v) is 5.57. The Hall–Kier alpha value is -1.40. The Balaban J connectivity index is 1.69. The van der Waals surface area contributed by atoms with E-state index in [2.05, 4.69) is 20.7 Å². The van der Waals surface area contributed by atoms with Gasteiger partial charge in [-0.25, -0.2) is 10.8 Å². The Kier molecular flexibility index (Phi) is 2.37. The topological polar surface area (TPSA) is 85.1 Å². The molecule has 1 aromatic heterocycles. The van der Waals surface area contributed by atoms with Crippen molar-refractivity contribution < 1.29 is 4.74 Å². The van der Waals surface area contributed by atoms with Gasteiger partial charge in [-0.3, -0.25) is 5.43 Å². The molecule has 0 amide bonds. The van der Waals surface area contributed by atoms with Crippen molar-refractivity contribution in [2.75, 3.05) is 10.7 Å². The summed E-state index contributed by atoms with van der Waals surface area (Å²) in [6.07, 6.45) is 5.88. The van der Waals surface area contributed by atoms with E-state index in [-0.39, 0.29) is 0 Å². The van der Waals surface area contributed by atoms with E-state index in [1.165, 1.54) is 6.42 Å². The number of hydrazine groups is 1. The molecular weight excluding hydrogens is 206 g/mol. The third kappa shape index (κ3) is 1.70. The average Bonchev–Trinajstić information content (AvgIpc) is 2.91. The zero-order chi connectivity index (χ0) is 11.0. The van der Waals surface area contributed by atoms with Crippen LogP contribution in [0.3, 0.4) is 0 Å². The fourth-order valence-electron chi connectivity index (χ4n) is 2.49. The highest BCUT2D eigenvalue weighted by molar-refractivity contribution is 5.40. The van der Waals surface area contributed by atoms with Gasteiger partial charge in [0, 0.05) is 6.20 Å². The molecular formula is C10H15N5O. The molecule has 1 aromatic rings. The number of aromatic nitrogens is 2. The van der Waals surface area contributed by atoms with Crippen LogP contribution in [-0.2, 0) is 4.74 Å². The first-order valence-electron chi connectivity index (χ1n) is 5.57. The van der Waals surface area contributed by atoms with Crippen LogP contribution in [0.4, 0.5) is 11.8 Å². The van der Waals surface area contributed by atoms with E-state index in [0.29, 0.717) is 24.2 Å². The van der Waals surface area contributed by atoms with Gasteiger partial charge < -0.3 is 10.1 Å². The molecule has 0 aromatic carbocycles. The number of fused-ring (bicyclic) bond motifs is 2. The second kappa shape index (κ2) is 3.88. The maximum absolute atomic E-state index is 5.77. The summed E-state index contributed by atoms with van der Waals surface area (Å²) >= 11 is 0. The highest BCUT2D eigenvalue weighted by atomic mass is 16.5. The summed E-state index contributed by atoms with van der Waals surface area (Å²) in [5, 5.41) is 3.38. The summed E-state index contributed by atoms with van der Waals surface area (Å²) in [6.45, 7) is 0. The van der Waals surface area contributed by atoms with Gasteiger partial charge in [-0.1, -0.05) is 0 Å². The Labute approximate surface area is 93.6 Å². The smallest absolute Gasteiger partial charge is 0.239 e. The molecule has 0 radical (unpaired) electrons. The van der Waals surface area contributed by atoms with Gasteiger partial charge in [0.1, 0.15) is 5.82 Å². The molecule has 16 heavy (non-hydrogen) atoms. The van der Waals surface area contributed by atoms with Crippen LogP contribution in [0.2, 0.25) is 0 Å². The normalized spacial score (nSPS) is 31.7. The third-order valence-electron chi connectivity index (χ3n) is 3.22. The first-order chi connectivity index (χ1) is 7.85. The van der Waals surface area contributed by atoms with E-state index in [0.717, 1.165) is 18.7 Å². The lowest BCUT2D eigenvalue weighted by Gasteiger charge is -2.20. The minimum atomic E-state index is 0.342. The van der Waals surface area contributed by atoms with Crippen LogP contribution in [0, 0.1) is 0 Å². The largest absolute Gasteiger partial charge is 0.373 e. The molecule has 3 atom stereocenters. The van der Waals surface area contributed by atoms with E-state index >= 15 is 0 Å². The lowest BCUT2D eigenvalue weighted by atomic mass is 9.95. The number of rotatable bonds is 3. The maximum atomic E-state index is 5.77. The third-order valence-corrected chi connectivity index (χ3v) is 3.22. The van der Waals surface area contributed by atoms with Gasteiger partial charge in [-0.15, -0.1) is 0 Å². The number of hydrogen-bond acceptors (Lipinski definition) is 6. The quantitative estimate of drug-likeness (QED) is 0.509. The summed E-state index contributed by atoms with van der Waals surface area (Å²) in [5.41, 5.74) is 2.43. The molecule has 2 aliphatic rings. The first kappa shape index (κ1) is 9.80. The fraction of sp³-hybridized carbons (Fsp3) is 0.600.